The molecule has 208 valence electrons. The van der Waals surface area contributed by atoms with E-state index in [1.807, 2.05) is 30.3 Å². The molecule has 0 amide bonds. The number of likely N-dealkylation sites (N-methyl/N-ethyl adjacent to an activating group) is 1. The van der Waals surface area contributed by atoms with Gasteiger partial charge in [-0.2, -0.15) is 21.9 Å². The molecule has 0 aliphatic rings. The van der Waals surface area contributed by atoms with Gasteiger partial charge in [0.25, 0.3) is 0 Å². The third-order valence-corrected chi connectivity index (χ3v) is 8.79. The highest BCUT2D eigenvalue weighted by Crippen LogP contribution is 2.11. The fraction of sp³-hybridized carbons (Fsp3) is 0.184. The van der Waals surface area contributed by atoms with Crippen molar-refractivity contribution in [3.63, 3.8) is 0 Å². The van der Waals surface area contributed by atoms with Gasteiger partial charge in [0.15, 0.2) is 0 Å². The zero-order valence-corrected chi connectivity index (χ0v) is 24.7. The van der Waals surface area contributed by atoms with Gasteiger partial charge in [0.1, 0.15) is 12.7 Å². The number of benzene rings is 5. The molecule has 0 saturated heterocycles. The van der Waals surface area contributed by atoms with Crippen molar-refractivity contribution in [1.82, 2.24) is 0 Å². The van der Waals surface area contributed by atoms with Crippen molar-refractivity contribution in [3.05, 3.63) is 157 Å². The Hall–Kier alpha value is -4.21. The SMILES string of the molecule is CC[N+](CC)(CC)CC(=O)c1ccccc1.c1ccc([B-](c2ccccc2)(c2ccccc2)c2ccccc2)cc1. The molecule has 0 bridgehead atoms. The number of hydrogen-bond donors (Lipinski definition) is 0. The Kier molecular flexibility index (Phi) is 10.5. The molecule has 0 fully saturated rings. The van der Waals surface area contributed by atoms with E-state index in [-0.39, 0.29) is 5.78 Å². The van der Waals surface area contributed by atoms with Crippen LogP contribution in [0.4, 0.5) is 0 Å². The quantitative estimate of drug-likeness (QED) is 0.124. The van der Waals surface area contributed by atoms with E-state index in [1.54, 1.807) is 0 Å². The number of hydrogen-bond acceptors (Lipinski definition) is 1. The van der Waals surface area contributed by atoms with E-state index in [4.69, 9.17) is 0 Å². The van der Waals surface area contributed by atoms with Crippen molar-refractivity contribution in [2.24, 2.45) is 0 Å². The van der Waals surface area contributed by atoms with Gasteiger partial charge >= 0.3 is 0 Å². The zero-order valence-electron chi connectivity index (χ0n) is 24.7. The van der Waals surface area contributed by atoms with Crippen molar-refractivity contribution in [2.75, 3.05) is 26.2 Å². The van der Waals surface area contributed by atoms with Crippen LogP contribution >= 0.6 is 0 Å². The van der Waals surface area contributed by atoms with Crippen molar-refractivity contribution < 1.29 is 9.28 Å². The molecule has 0 spiro atoms. The third-order valence-electron chi connectivity index (χ3n) is 8.79. The highest BCUT2D eigenvalue weighted by atomic mass is 16.1. The smallest absolute Gasteiger partial charge is 0.216 e. The van der Waals surface area contributed by atoms with Gasteiger partial charge in [-0.05, 0) is 20.8 Å². The van der Waals surface area contributed by atoms with Crippen molar-refractivity contribution in [2.45, 2.75) is 20.8 Å². The molecule has 0 atom stereocenters. The fourth-order valence-corrected chi connectivity index (χ4v) is 6.15. The van der Waals surface area contributed by atoms with Crippen LogP contribution in [0.1, 0.15) is 31.1 Å². The lowest BCUT2D eigenvalue weighted by molar-refractivity contribution is -0.915. The second-order valence-electron chi connectivity index (χ2n) is 10.7. The lowest BCUT2D eigenvalue weighted by atomic mass is 9.13. The van der Waals surface area contributed by atoms with Gasteiger partial charge in [-0.15, -0.1) is 0 Å². The summed E-state index contributed by atoms with van der Waals surface area (Å²) < 4.78 is 0.883. The molecule has 5 aromatic rings. The average molecular weight is 540 g/mol. The minimum atomic E-state index is -1.22. The molecule has 0 aliphatic heterocycles. The number of nitrogens with zero attached hydrogens (tertiary/aromatic N) is 1. The Labute approximate surface area is 246 Å². The minimum Gasteiger partial charge on any atom is -0.318 e. The summed E-state index contributed by atoms with van der Waals surface area (Å²) in [6, 6.07) is 53.1. The number of carbonyl (C=O) groups excluding carboxylic acids is 1. The number of ketones is 1. The molecule has 41 heavy (non-hydrogen) atoms. The molecule has 0 heterocycles. The lowest BCUT2D eigenvalue weighted by Gasteiger charge is -2.44. The molecular formula is C38H42BNO. The van der Waals surface area contributed by atoms with Gasteiger partial charge in [0.05, 0.1) is 19.6 Å². The van der Waals surface area contributed by atoms with E-state index in [9.17, 15) is 4.79 Å². The highest BCUT2D eigenvalue weighted by Gasteiger charge is 2.31. The summed E-state index contributed by atoms with van der Waals surface area (Å²) in [5.74, 6) is 0.256. The summed E-state index contributed by atoms with van der Waals surface area (Å²) >= 11 is 0. The third kappa shape index (κ3) is 6.75. The first-order chi connectivity index (χ1) is 20.1. The predicted octanol–water partition coefficient (Wildman–Crippen LogP) is 5.81. The van der Waals surface area contributed by atoms with Crippen LogP contribution in [0, 0.1) is 0 Å². The van der Waals surface area contributed by atoms with E-state index in [0.29, 0.717) is 6.54 Å². The van der Waals surface area contributed by atoms with E-state index in [0.717, 1.165) is 29.7 Å². The first kappa shape index (κ1) is 29.8. The maximum absolute atomic E-state index is 12.1. The Morgan fingerprint density at radius 3 is 1.00 bits per heavy atom. The number of rotatable bonds is 10. The molecule has 0 radical (unpaired) electrons. The van der Waals surface area contributed by atoms with E-state index in [1.165, 1.54) is 21.9 Å². The summed E-state index contributed by atoms with van der Waals surface area (Å²) in [7, 11) is 0. The zero-order chi connectivity index (χ0) is 29.0. The summed E-state index contributed by atoms with van der Waals surface area (Å²) in [6.45, 7) is 10.2. The lowest BCUT2D eigenvalue weighted by Crippen LogP contribution is -2.74. The topological polar surface area (TPSA) is 17.1 Å². The molecule has 0 aromatic heterocycles. The predicted molar refractivity (Wildman–Crippen MR) is 178 cm³/mol. The summed E-state index contributed by atoms with van der Waals surface area (Å²) in [6.07, 6.45) is -1.22. The van der Waals surface area contributed by atoms with Gasteiger partial charge in [-0.3, -0.25) is 4.79 Å². The van der Waals surface area contributed by atoms with Crippen LogP contribution in [-0.2, 0) is 0 Å². The Morgan fingerprint density at radius 1 is 0.463 bits per heavy atom. The Bertz CT molecular complexity index is 1280. The molecule has 0 aliphatic carbocycles. The highest BCUT2D eigenvalue weighted by molar-refractivity contribution is 7.19. The molecule has 0 unspecified atom stereocenters. The van der Waals surface area contributed by atoms with Crippen LogP contribution in [0.15, 0.2) is 152 Å². The largest absolute Gasteiger partial charge is 0.318 e. The number of carbonyl (C=O) groups is 1. The van der Waals surface area contributed by atoms with Crippen LogP contribution in [0.3, 0.4) is 0 Å². The van der Waals surface area contributed by atoms with E-state index >= 15 is 0 Å². The van der Waals surface area contributed by atoms with Crippen molar-refractivity contribution in [1.29, 1.82) is 0 Å². The van der Waals surface area contributed by atoms with Crippen LogP contribution in [-0.4, -0.2) is 42.6 Å². The Balaban J connectivity index is 0.000000210. The van der Waals surface area contributed by atoms with E-state index in [2.05, 4.69) is 142 Å². The van der Waals surface area contributed by atoms with Crippen molar-refractivity contribution >= 4 is 33.8 Å². The van der Waals surface area contributed by atoms with Gasteiger partial charge in [-0.25, -0.2) is 0 Å². The molecule has 3 heteroatoms. The van der Waals surface area contributed by atoms with Crippen LogP contribution in [0.25, 0.3) is 0 Å². The summed E-state index contributed by atoms with van der Waals surface area (Å²) in [5.41, 5.74) is 6.19. The van der Waals surface area contributed by atoms with Gasteiger partial charge in [0, 0.05) is 5.56 Å². The fourth-order valence-electron chi connectivity index (χ4n) is 6.15. The molecule has 0 N–H and O–H groups in total. The first-order valence-corrected chi connectivity index (χ1v) is 14.9. The van der Waals surface area contributed by atoms with Crippen molar-refractivity contribution in [3.8, 4) is 0 Å². The molecule has 5 aromatic carbocycles. The minimum absolute atomic E-state index is 0.256. The van der Waals surface area contributed by atoms with Crippen LogP contribution in [0.2, 0.25) is 0 Å². The van der Waals surface area contributed by atoms with Crippen LogP contribution in [0.5, 0.6) is 0 Å². The van der Waals surface area contributed by atoms with Crippen LogP contribution < -0.4 is 21.9 Å². The van der Waals surface area contributed by atoms with Gasteiger partial charge in [-0.1, -0.05) is 152 Å². The normalized spacial score (nSPS) is 11.3. The van der Waals surface area contributed by atoms with Gasteiger partial charge in [0.2, 0.25) is 5.78 Å². The Morgan fingerprint density at radius 2 is 0.732 bits per heavy atom. The second kappa shape index (κ2) is 14.4. The summed E-state index contributed by atoms with van der Waals surface area (Å²) in [5, 5.41) is 0. The molecule has 5 rings (SSSR count). The van der Waals surface area contributed by atoms with Gasteiger partial charge < -0.3 is 4.48 Å². The second-order valence-corrected chi connectivity index (χ2v) is 10.7. The maximum Gasteiger partial charge on any atom is 0.216 e. The monoisotopic (exact) mass is 539 g/mol. The molecule has 2 nitrogen and oxygen atoms in total. The average Bonchev–Trinajstić information content (AvgIpc) is 3.07. The first-order valence-electron chi connectivity index (χ1n) is 14.9. The molecular weight excluding hydrogens is 497 g/mol. The molecule has 0 saturated carbocycles. The maximum atomic E-state index is 12.1. The summed E-state index contributed by atoms with van der Waals surface area (Å²) in [4.78, 5) is 12.1. The standard InChI is InChI=1S/C24H20B.C14H22NO/c1-5-13-21(14-6-1)25(22-15-7-2-8-16-22,23-17-9-3-10-18-23)24-19-11-4-12-20-24;1-4-15(5-2,6-3)12-14(16)13-10-8-7-9-11-13/h1-20H;7-11H,4-6,12H2,1-3H3/q-1;+1. The number of Topliss-reactive ketones (excluding diaryl/α,β-unsaturated/α-hetero) is 1. The number of quaternary nitrogens is 1. The van der Waals surface area contributed by atoms with E-state index < -0.39 is 6.15 Å².